The van der Waals surface area contributed by atoms with E-state index in [0.717, 1.165) is 40.6 Å². The summed E-state index contributed by atoms with van der Waals surface area (Å²) in [5.41, 5.74) is 0.811. The van der Waals surface area contributed by atoms with Gasteiger partial charge in [0.2, 0.25) is 5.91 Å². The number of rotatable bonds is 3. The van der Waals surface area contributed by atoms with E-state index in [4.69, 9.17) is 0 Å². The number of carbonyl (C=O) groups excluding carboxylic acids is 1. The van der Waals surface area contributed by atoms with Crippen molar-refractivity contribution in [3.05, 3.63) is 27.1 Å². The van der Waals surface area contributed by atoms with Crippen LogP contribution in [0.2, 0.25) is 0 Å². The normalized spacial score (nSPS) is 19.6. The molecule has 98 valence electrons. The smallest absolute Gasteiger partial charge is 0.224 e. The van der Waals surface area contributed by atoms with E-state index in [1.54, 1.807) is 0 Å². The molecule has 18 heavy (non-hydrogen) atoms. The van der Waals surface area contributed by atoms with Crippen molar-refractivity contribution >= 4 is 43.5 Å². The Kier molecular flexibility index (Phi) is 5.21. The number of benzene rings is 1. The lowest BCUT2D eigenvalue weighted by Gasteiger charge is -2.22. The fourth-order valence-corrected chi connectivity index (χ4v) is 3.36. The van der Waals surface area contributed by atoms with Crippen LogP contribution >= 0.6 is 31.9 Å². The molecule has 3 nitrogen and oxygen atoms in total. The standard InChI is InChI=1S/C13H16Br2N2O/c14-10-4-1-5-11(15)13(10)17-12(18)7-9-3-2-6-16-8-9/h1,4-5,9,16H,2-3,6-8H2,(H,17,18). The van der Waals surface area contributed by atoms with Crippen molar-refractivity contribution < 1.29 is 4.79 Å². The Labute approximate surface area is 124 Å². The summed E-state index contributed by atoms with van der Waals surface area (Å²) in [5.74, 6) is 0.538. The maximum absolute atomic E-state index is 12.0. The molecule has 1 fully saturated rings. The van der Waals surface area contributed by atoms with E-state index in [1.807, 2.05) is 18.2 Å². The summed E-state index contributed by atoms with van der Waals surface area (Å²) in [6, 6.07) is 5.76. The van der Waals surface area contributed by atoms with Crippen LogP contribution in [0.5, 0.6) is 0 Å². The summed E-state index contributed by atoms with van der Waals surface area (Å²) in [6.45, 7) is 2.03. The number of hydrogen-bond acceptors (Lipinski definition) is 2. The second kappa shape index (κ2) is 6.68. The van der Waals surface area contributed by atoms with Gasteiger partial charge in [-0.15, -0.1) is 0 Å². The molecule has 0 aromatic heterocycles. The van der Waals surface area contributed by atoms with Crippen molar-refractivity contribution in [3.8, 4) is 0 Å². The van der Waals surface area contributed by atoms with Crippen LogP contribution in [0, 0.1) is 5.92 Å². The van der Waals surface area contributed by atoms with E-state index >= 15 is 0 Å². The highest BCUT2D eigenvalue weighted by molar-refractivity contribution is 9.11. The Hall–Kier alpha value is -0.390. The van der Waals surface area contributed by atoms with Crippen LogP contribution in [0.15, 0.2) is 27.1 Å². The number of para-hydroxylation sites is 1. The fraction of sp³-hybridized carbons (Fsp3) is 0.462. The Morgan fingerprint density at radius 2 is 2.11 bits per heavy atom. The Morgan fingerprint density at radius 3 is 2.72 bits per heavy atom. The van der Waals surface area contributed by atoms with Gasteiger partial charge in [-0.2, -0.15) is 0 Å². The van der Waals surface area contributed by atoms with Crippen LogP contribution in [0.4, 0.5) is 5.69 Å². The molecule has 1 atom stereocenters. The average Bonchev–Trinajstić information content (AvgIpc) is 2.35. The highest BCUT2D eigenvalue weighted by atomic mass is 79.9. The lowest BCUT2D eigenvalue weighted by molar-refractivity contribution is -0.117. The lowest BCUT2D eigenvalue weighted by Crippen LogP contribution is -2.32. The third kappa shape index (κ3) is 3.80. The van der Waals surface area contributed by atoms with Gasteiger partial charge in [-0.25, -0.2) is 0 Å². The van der Waals surface area contributed by atoms with E-state index in [-0.39, 0.29) is 5.91 Å². The summed E-state index contributed by atoms with van der Waals surface area (Å²) in [6.07, 6.45) is 2.88. The van der Waals surface area contributed by atoms with Crippen LogP contribution in [-0.4, -0.2) is 19.0 Å². The Bertz CT molecular complexity index is 411. The van der Waals surface area contributed by atoms with E-state index in [9.17, 15) is 4.79 Å². The summed E-state index contributed by atoms with van der Waals surface area (Å²) in [5, 5.41) is 6.29. The van der Waals surface area contributed by atoms with Gasteiger partial charge in [0.15, 0.2) is 0 Å². The van der Waals surface area contributed by atoms with Crippen LogP contribution in [0.1, 0.15) is 19.3 Å². The molecule has 0 saturated carbocycles. The molecule has 2 rings (SSSR count). The zero-order valence-electron chi connectivity index (χ0n) is 10.0. The molecule has 1 aliphatic heterocycles. The molecule has 1 amide bonds. The maximum atomic E-state index is 12.0. The first kappa shape index (κ1) is 14.0. The maximum Gasteiger partial charge on any atom is 0.224 e. The third-order valence-electron chi connectivity index (χ3n) is 3.10. The minimum atomic E-state index is 0.0799. The summed E-state index contributed by atoms with van der Waals surface area (Å²) >= 11 is 6.89. The van der Waals surface area contributed by atoms with Gasteiger partial charge in [0.25, 0.3) is 0 Å². The first-order valence-corrected chi connectivity index (χ1v) is 7.70. The number of halogens is 2. The number of hydrogen-bond donors (Lipinski definition) is 2. The van der Waals surface area contributed by atoms with Gasteiger partial charge in [-0.05, 0) is 75.8 Å². The largest absolute Gasteiger partial charge is 0.324 e. The summed E-state index contributed by atoms with van der Waals surface area (Å²) in [4.78, 5) is 12.0. The summed E-state index contributed by atoms with van der Waals surface area (Å²) < 4.78 is 1.79. The van der Waals surface area contributed by atoms with Crippen molar-refractivity contribution in [1.82, 2.24) is 5.32 Å². The molecule has 1 aromatic carbocycles. The highest BCUT2D eigenvalue weighted by Crippen LogP contribution is 2.30. The van der Waals surface area contributed by atoms with E-state index in [1.165, 1.54) is 0 Å². The first-order valence-electron chi connectivity index (χ1n) is 6.11. The van der Waals surface area contributed by atoms with Crippen molar-refractivity contribution in [1.29, 1.82) is 0 Å². The second-order valence-corrected chi connectivity index (χ2v) is 6.27. The summed E-state index contributed by atoms with van der Waals surface area (Å²) in [7, 11) is 0. The average molecular weight is 376 g/mol. The molecule has 1 saturated heterocycles. The zero-order chi connectivity index (χ0) is 13.0. The van der Waals surface area contributed by atoms with Crippen LogP contribution in [0.25, 0.3) is 0 Å². The molecule has 2 N–H and O–H groups in total. The highest BCUT2D eigenvalue weighted by Gasteiger charge is 2.17. The minimum Gasteiger partial charge on any atom is -0.324 e. The van der Waals surface area contributed by atoms with Gasteiger partial charge in [-0.3, -0.25) is 4.79 Å². The molecule has 1 aromatic rings. The monoisotopic (exact) mass is 374 g/mol. The Morgan fingerprint density at radius 1 is 1.39 bits per heavy atom. The Balaban J connectivity index is 1.94. The molecule has 0 radical (unpaired) electrons. The van der Waals surface area contributed by atoms with Crippen molar-refractivity contribution in [2.75, 3.05) is 18.4 Å². The molecular formula is C13H16Br2N2O. The molecule has 0 spiro atoms. The number of nitrogens with one attached hydrogen (secondary N) is 2. The van der Waals surface area contributed by atoms with Gasteiger partial charge in [0.05, 0.1) is 5.69 Å². The number of amides is 1. The third-order valence-corrected chi connectivity index (χ3v) is 4.42. The van der Waals surface area contributed by atoms with Gasteiger partial charge in [0, 0.05) is 15.4 Å². The van der Waals surface area contributed by atoms with E-state index in [2.05, 4.69) is 42.5 Å². The van der Waals surface area contributed by atoms with Crippen LogP contribution in [0.3, 0.4) is 0 Å². The number of piperidine rings is 1. The molecule has 5 heteroatoms. The quantitative estimate of drug-likeness (QED) is 0.848. The molecular weight excluding hydrogens is 360 g/mol. The molecule has 1 unspecified atom stereocenters. The SMILES string of the molecule is O=C(CC1CCCNC1)Nc1c(Br)cccc1Br. The predicted octanol–water partition coefficient (Wildman–Crippen LogP) is 3.54. The first-order chi connectivity index (χ1) is 8.66. The molecule has 0 bridgehead atoms. The molecule has 1 heterocycles. The van der Waals surface area contributed by atoms with Gasteiger partial charge in [0.1, 0.15) is 0 Å². The van der Waals surface area contributed by atoms with Crippen molar-refractivity contribution in [2.45, 2.75) is 19.3 Å². The minimum absolute atomic E-state index is 0.0799. The van der Waals surface area contributed by atoms with Crippen molar-refractivity contribution in [2.24, 2.45) is 5.92 Å². The van der Waals surface area contributed by atoms with Crippen molar-refractivity contribution in [3.63, 3.8) is 0 Å². The van der Waals surface area contributed by atoms with E-state index < -0.39 is 0 Å². The van der Waals surface area contributed by atoms with Gasteiger partial charge >= 0.3 is 0 Å². The number of anilines is 1. The predicted molar refractivity (Wildman–Crippen MR) is 80.7 cm³/mol. The lowest BCUT2D eigenvalue weighted by atomic mass is 9.96. The topological polar surface area (TPSA) is 41.1 Å². The molecule has 1 aliphatic rings. The van der Waals surface area contributed by atoms with Gasteiger partial charge in [-0.1, -0.05) is 6.07 Å². The zero-order valence-corrected chi connectivity index (χ0v) is 13.2. The van der Waals surface area contributed by atoms with Crippen LogP contribution in [-0.2, 0) is 4.79 Å². The van der Waals surface area contributed by atoms with Crippen LogP contribution < -0.4 is 10.6 Å². The number of carbonyl (C=O) groups is 1. The van der Waals surface area contributed by atoms with E-state index in [0.29, 0.717) is 12.3 Å². The fourth-order valence-electron chi connectivity index (χ4n) is 2.17. The van der Waals surface area contributed by atoms with Gasteiger partial charge < -0.3 is 10.6 Å². The molecule has 0 aliphatic carbocycles. The second-order valence-electron chi connectivity index (χ2n) is 4.56.